The second-order valence-electron chi connectivity index (χ2n) is 3.87. The van der Waals surface area contributed by atoms with Crippen molar-refractivity contribution in [2.45, 2.75) is 20.8 Å². The standard InChI is InChI=1S/C14H18O3/c1-5-16-14(15)9-17-13-8-11(4)6-7-12(13)10(2)3/h6-8H,2,5,9H2,1,3-4H3. The van der Waals surface area contributed by atoms with Gasteiger partial charge in [-0.2, -0.15) is 0 Å². The van der Waals surface area contributed by atoms with Gasteiger partial charge in [-0.05, 0) is 38.0 Å². The molecule has 0 heterocycles. The van der Waals surface area contributed by atoms with Gasteiger partial charge in [-0.15, -0.1) is 0 Å². The van der Waals surface area contributed by atoms with E-state index in [1.807, 2.05) is 32.0 Å². The maximum absolute atomic E-state index is 11.2. The van der Waals surface area contributed by atoms with E-state index < -0.39 is 0 Å². The van der Waals surface area contributed by atoms with Crippen molar-refractivity contribution in [2.24, 2.45) is 0 Å². The van der Waals surface area contributed by atoms with Crippen LogP contribution in [0.4, 0.5) is 0 Å². The maximum Gasteiger partial charge on any atom is 0.344 e. The highest BCUT2D eigenvalue weighted by molar-refractivity contribution is 5.72. The SMILES string of the molecule is C=C(C)c1ccc(C)cc1OCC(=O)OCC. The highest BCUT2D eigenvalue weighted by Crippen LogP contribution is 2.26. The molecule has 92 valence electrons. The highest BCUT2D eigenvalue weighted by atomic mass is 16.6. The molecular weight excluding hydrogens is 216 g/mol. The summed E-state index contributed by atoms with van der Waals surface area (Å²) in [6, 6.07) is 5.82. The monoisotopic (exact) mass is 234 g/mol. The lowest BCUT2D eigenvalue weighted by atomic mass is 10.1. The van der Waals surface area contributed by atoms with Crippen LogP contribution < -0.4 is 4.74 Å². The predicted octanol–water partition coefficient (Wildman–Crippen LogP) is 2.97. The van der Waals surface area contributed by atoms with Gasteiger partial charge in [-0.3, -0.25) is 0 Å². The number of allylic oxidation sites excluding steroid dienone is 1. The zero-order valence-electron chi connectivity index (χ0n) is 10.6. The van der Waals surface area contributed by atoms with E-state index in [9.17, 15) is 4.79 Å². The zero-order chi connectivity index (χ0) is 12.8. The third-order valence-corrected chi connectivity index (χ3v) is 2.25. The van der Waals surface area contributed by atoms with Crippen molar-refractivity contribution in [3.05, 3.63) is 35.9 Å². The number of esters is 1. The molecule has 0 amide bonds. The number of carbonyl (C=O) groups is 1. The first-order chi connectivity index (χ1) is 8.04. The van der Waals surface area contributed by atoms with Crippen molar-refractivity contribution in [1.29, 1.82) is 0 Å². The third kappa shape index (κ3) is 3.94. The largest absolute Gasteiger partial charge is 0.481 e. The minimum absolute atomic E-state index is 0.0719. The van der Waals surface area contributed by atoms with Crippen LogP contribution in [-0.2, 0) is 9.53 Å². The number of ether oxygens (including phenoxy) is 2. The lowest BCUT2D eigenvalue weighted by molar-refractivity contribution is -0.145. The second kappa shape index (κ2) is 6.09. The van der Waals surface area contributed by atoms with Crippen LogP contribution in [0, 0.1) is 6.92 Å². The molecule has 0 unspecified atom stereocenters. The Labute approximate surface area is 102 Å². The topological polar surface area (TPSA) is 35.5 Å². The van der Waals surface area contributed by atoms with Gasteiger partial charge >= 0.3 is 5.97 Å². The molecule has 0 N–H and O–H groups in total. The summed E-state index contributed by atoms with van der Waals surface area (Å²) in [6.07, 6.45) is 0. The Morgan fingerprint density at radius 3 is 2.71 bits per heavy atom. The molecule has 1 rings (SSSR count). The van der Waals surface area contributed by atoms with Crippen molar-refractivity contribution in [3.8, 4) is 5.75 Å². The Kier molecular flexibility index (Phi) is 4.76. The number of hydrogen-bond acceptors (Lipinski definition) is 3. The average Bonchev–Trinajstić information content (AvgIpc) is 2.26. The molecular formula is C14H18O3. The molecule has 1 aromatic carbocycles. The molecule has 0 bridgehead atoms. The minimum atomic E-state index is -0.360. The number of benzene rings is 1. The van der Waals surface area contributed by atoms with Gasteiger partial charge in [0, 0.05) is 5.56 Å². The summed E-state index contributed by atoms with van der Waals surface area (Å²) in [4.78, 5) is 11.2. The molecule has 0 aliphatic heterocycles. The molecule has 3 nitrogen and oxygen atoms in total. The Morgan fingerprint density at radius 2 is 2.12 bits per heavy atom. The van der Waals surface area contributed by atoms with Crippen LogP contribution in [0.15, 0.2) is 24.8 Å². The minimum Gasteiger partial charge on any atom is -0.481 e. The number of carbonyl (C=O) groups excluding carboxylic acids is 1. The van der Waals surface area contributed by atoms with E-state index in [0.29, 0.717) is 12.4 Å². The quantitative estimate of drug-likeness (QED) is 0.735. The first-order valence-electron chi connectivity index (χ1n) is 5.59. The molecule has 0 radical (unpaired) electrons. The van der Waals surface area contributed by atoms with Crippen molar-refractivity contribution in [1.82, 2.24) is 0 Å². The number of rotatable bonds is 5. The van der Waals surface area contributed by atoms with Crippen LogP contribution in [0.2, 0.25) is 0 Å². The molecule has 0 spiro atoms. The molecule has 0 atom stereocenters. The molecule has 0 saturated carbocycles. The first kappa shape index (κ1) is 13.3. The van der Waals surface area contributed by atoms with Gasteiger partial charge in [0.05, 0.1) is 6.61 Å². The maximum atomic E-state index is 11.2. The fourth-order valence-electron chi connectivity index (χ4n) is 1.44. The van der Waals surface area contributed by atoms with Crippen molar-refractivity contribution < 1.29 is 14.3 Å². The van der Waals surface area contributed by atoms with Gasteiger partial charge in [-0.25, -0.2) is 4.79 Å². The molecule has 1 aromatic rings. The molecule has 3 heteroatoms. The van der Waals surface area contributed by atoms with Crippen molar-refractivity contribution >= 4 is 11.5 Å². The molecule has 0 saturated heterocycles. The summed E-state index contributed by atoms with van der Waals surface area (Å²) in [5, 5.41) is 0. The molecule has 0 aromatic heterocycles. The molecule has 0 aliphatic rings. The van der Waals surface area contributed by atoms with Crippen LogP contribution in [-0.4, -0.2) is 19.2 Å². The summed E-state index contributed by atoms with van der Waals surface area (Å²) in [6.45, 7) is 9.82. The zero-order valence-corrected chi connectivity index (χ0v) is 10.6. The van der Waals surface area contributed by atoms with Gasteiger partial charge in [0.2, 0.25) is 0 Å². The van der Waals surface area contributed by atoms with Crippen molar-refractivity contribution in [3.63, 3.8) is 0 Å². The van der Waals surface area contributed by atoms with E-state index in [1.165, 1.54) is 0 Å². The summed E-state index contributed by atoms with van der Waals surface area (Å²) < 4.78 is 10.3. The fraction of sp³-hybridized carbons (Fsp3) is 0.357. The van der Waals surface area contributed by atoms with E-state index in [2.05, 4.69) is 6.58 Å². The van der Waals surface area contributed by atoms with Crippen LogP contribution in [0.25, 0.3) is 5.57 Å². The Balaban J connectivity index is 2.78. The summed E-state index contributed by atoms with van der Waals surface area (Å²) in [7, 11) is 0. The van der Waals surface area contributed by atoms with E-state index in [4.69, 9.17) is 9.47 Å². The molecule has 0 aliphatic carbocycles. The van der Waals surface area contributed by atoms with E-state index in [-0.39, 0.29) is 12.6 Å². The van der Waals surface area contributed by atoms with Gasteiger partial charge in [0.15, 0.2) is 6.61 Å². The highest BCUT2D eigenvalue weighted by Gasteiger charge is 2.08. The summed E-state index contributed by atoms with van der Waals surface area (Å²) in [5.41, 5.74) is 2.90. The Morgan fingerprint density at radius 1 is 1.41 bits per heavy atom. The van der Waals surface area contributed by atoms with Gasteiger partial charge in [-0.1, -0.05) is 18.7 Å². The average molecular weight is 234 g/mol. The lowest BCUT2D eigenvalue weighted by Gasteiger charge is -2.11. The van der Waals surface area contributed by atoms with E-state index in [1.54, 1.807) is 6.92 Å². The lowest BCUT2D eigenvalue weighted by Crippen LogP contribution is -2.15. The van der Waals surface area contributed by atoms with Gasteiger partial charge < -0.3 is 9.47 Å². The predicted molar refractivity (Wildman–Crippen MR) is 68.0 cm³/mol. The van der Waals surface area contributed by atoms with Crippen LogP contribution >= 0.6 is 0 Å². The second-order valence-corrected chi connectivity index (χ2v) is 3.87. The third-order valence-electron chi connectivity index (χ3n) is 2.25. The summed E-state index contributed by atoms with van der Waals surface area (Å²) in [5.74, 6) is 0.312. The fourth-order valence-corrected chi connectivity index (χ4v) is 1.44. The normalized spacial score (nSPS) is 9.82. The van der Waals surface area contributed by atoms with Gasteiger partial charge in [0.25, 0.3) is 0 Å². The van der Waals surface area contributed by atoms with Crippen LogP contribution in [0.1, 0.15) is 25.0 Å². The summed E-state index contributed by atoms with van der Waals surface area (Å²) >= 11 is 0. The number of aryl methyl sites for hydroxylation is 1. The van der Waals surface area contributed by atoms with Crippen molar-refractivity contribution in [2.75, 3.05) is 13.2 Å². The molecule has 17 heavy (non-hydrogen) atoms. The Hall–Kier alpha value is -1.77. The number of hydrogen-bond donors (Lipinski definition) is 0. The van der Waals surface area contributed by atoms with Crippen LogP contribution in [0.3, 0.4) is 0 Å². The smallest absolute Gasteiger partial charge is 0.344 e. The van der Waals surface area contributed by atoms with Gasteiger partial charge in [0.1, 0.15) is 5.75 Å². The van der Waals surface area contributed by atoms with Crippen LogP contribution in [0.5, 0.6) is 5.75 Å². The first-order valence-corrected chi connectivity index (χ1v) is 5.59. The van der Waals surface area contributed by atoms with E-state index in [0.717, 1.165) is 16.7 Å². The van der Waals surface area contributed by atoms with E-state index >= 15 is 0 Å². The molecule has 0 fully saturated rings. The Bertz CT molecular complexity index is 421.